The van der Waals surface area contributed by atoms with Gasteiger partial charge >= 0.3 is 0 Å². The second-order valence-electron chi connectivity index (χ2n) is 4.19. The molecule has 0 aromatic rings. The number of carbonyl (C=O) groups excluding carboxylic acids is 1. The molecule has 0 unspecified atom stereocenters. The van der Waals surface area contributed by atoms with Crippen LogP contribution in [0.15, 0.2) is 0 Å². The lowest BCUT2D eigenvalue weighted by Crippen LogP contribution is -2.41. The Morgan fingerprint density at radius 3 is 2.36 bits per heavy atom. The van der Waals surface area contributed by atoms with E-state index >= 15 is 0 Å². The molecule has 0 aromatic carbocycles. The third-order valence-electron chi connectivity index (χ3n) is 2.65. The molecular formula is C10H16F2O2. The molecule has 1 aliphatic rings. The summed E-state index contributed by atoms with van der Waals surface area (Å²) in [5.41, 5.74) is -1.24. The topological polar surface area (TPSA) is 26.3 Å². The molecule has 1 rings (SSSR count). The van der Waals surface area contributed by atoms with E-state index in [1.165, 1.54) is 0 Å². The van der Waals surface area contributed by atoms with Gasteiger partial charge in [0.1, 0.15) is 12.2 Å². The van der Waals surface area contributed by atoms with Crippen molar-refractivity contribution < 1.29 is 18.3 Å². The molecule has 1 aliphatic heterocycles. The molecule has 0 bridgehead atoms. The van der Waals surface area contributed by atoms with Gasteiger partial charge in [-0.2, -0.15) is 0 Å². The van der Waals surface area contributed by atoms with Gasteiger partial charge in [-0.25, -0.2) is 8.78 Å². The minimum Gasteiger partial charge on any atom is -0.361 e. The van der Waals surface area contributed by atoms with Crippen LogP contribution in [0.3, 0.4) is 0 Å². The van der Waals surface area contributed by atoms with Crippen LogP contribution in [0.4, 0.5) is 8.78 Å². The van der Waals surface area contributed by atoms with Gasteiger partial charge in [0.15, 0.2) is 5.78 Å². The highest BCUT2D eigenvalue weighted by Crippen LogP contribution is 2.40. The van der Waals surface area contributed by atoms with Gasteiger partial charge in [-0.15, -0.1) is 0 Å². The van der Waals surface area contributed by atoms with Crippen LogP contribution in [0.1, 0.15) is 33.6 Å². The predicted octanol–water partition coefficient (Wildman–Crippen LogP) is 2.42. The first-order chi connectivity index (χ1) is 6.33. The van der Waals surface area contributed by atoms with Crippen LogP contribution in [0.25, 0.3) is 0 Å². The zero-order valence-corrected chi connectivity index (χ0v) is 8.77. The number of halogens is 2. The van der Waals surface area contributed by atoms with Gasteiger partial charge in [0.25, 0.3) is 5.92 Å². The van der Waals surface area contributed by atoms with Crippen LogP contribution < -0.4 is 0 Å². The van der Waals surface area contributed by atoms with Gasteiger partial charge in [0, 0.05) is 12.3 Å². The molecule has 4 heteroatoms. The van der Waals surface area contributed by atoms with Crippen LogP contribution in [0.2, 0.25) is 0 Å². The Labute approximate surface area is 82.6 Å². The Balaban J connectivity index is 2.85. The predicted molar refractivity (Wildman–Crippen MR) is 48.4 cm³/mol. The van der Waals surface area contributed by atoms with Gasteiger partial charge in [-0.3, -0.25) is 4.79 Å². The van der Waals surface area contributed by atoms with Crippen molar-refractivity contribution >= 4 is 5.78 Å². The molecule has 1 saturated heterocycles. The van der Waals surface area contributed by atoms with Gasteiger partial charge in [0.2, 0.25) is 0 Å². The second kappa shape index (κ2) is 3.57. The van der Waals surface area contributed by atoms with Crippen LogP contribution in [-0.2, 0) is 9.53 Å². The lowest BCUT2D eigenvalue weighted by molar-refractivity contribution is -0.142. The summed E-state index contributed by atoms with van der Waals surface area (Å²) in [7, 11) is 0. The minimum atomic E-state index is -2.85. The highest BCUT2D eigenvalue weighted by atomic mass is 19.3. The molecule has 0 spiro atoms. The number of hydrogen-bond donors (Lipinski definition) is 0. The summed E-state index contributed by atoms with van der Waals surface area (Å²) in [6, 6.07) is 0. The molecule has 0 N–H and O–H groups in total. The average Bonchev–Trinajstić information content (AvgIpc) is 2.41. The first-order valence-corrected chi connectivity index (χ1v) is 4.89. The van der Waals surface area contributed by atoms with Crippen molar-refractivity contribution in [3.63, 3.8) is 0 Å². The maximum atomic E-state index is 13.0. The van der Waals surface area contributed by atoms with Crippen molar-refractivity contribution in [2.24, 2.45) is 5.92 Å². The second-order valence-corrected chi connectivity index (χ2v) is 4.19. The lowest BCUT2D eigenvalue weighted by atomic mass is 9.85. The highest BCUT2D eigenvalue weighted by molar-refractivity contribution is 5.89. The maximum absolute atomic E-state index is 13.0. The zero-order chi connectivity index (χ0) is 11.0. The Kier molecular flexibility index (Phi) is 2.95. The van der Waals surface area contributed by atoms with E-state index in [0.29, 0.717) is 6.42 Å². The first-order valence-electron chi connectivity index (χ1n) is 4.89. The normalized spacial score (nSPS) is 31.0. The van der Waals surface area contributed by atoms with Gasteiger partial charge < -0.3 is 4.74 Å². The third-order valence-corrected chi connectivity index (χ3v) is 2.65. The molecule has 0 saturated carbocycles. The summed E-state index contributed by atoms with van der Waals surface area (Å²) in [6.07, 6.45) is -0.146. The Bertz CT molecular complexity index is 238. The Morgan fingerprint density at radius 1 is 1.50 bits per heavy atom. The van der Waals surface area contributed by atoms with Crippen molar-refractivity contribution in [2.75, 3.05) is 6.61 Å². The molecule has 1 heterocycles. The number of hydrogen-bond acceptors (Lipinski definition) is 2. The number of ether oxygens (including phenoxy) is 1. The number of alkyl halides is 2. The summed E-state index contributed by atoms with van der Waals surface area (Å²) in [6.45, 7) is 4.50. The van der Waals surface area contributed by atoms with Crippen molar-refractivity contribution in [3.8, 4) is 0 Å². The number of carbonyl (C=O) groups is 1. The van der Waals surface area contributed by atoms with E-state index in [9.17, 15) is 13.6 Å². The van der Waals surface area contributed by atoms with Crippen LogP contribution in [-0.4, -0.2) is 23.9 Å². The summed E-state index contributed by atoms with van der Waals surface area (Å²) < 4.78 is 31.0. The molecule has 0 aliphatic carbocycles. The SMILES string of the molecule is CC[C@@]1(C(=O)C(C)C)CC(F)(F)CO1. The molecule has 2 nitrogen and oxygen atoms in total. The minimum absolute atomic E-state index is 0.211. The zero-order valence-electron chi connectivity index (χ0n) is 8.77. The molecule has 1 atom stereocenters. The van der Waals surface area contributed by atoms with E-state index in [-0.39, 0.29) is 11.7 Å². The Morgan fingerprint density at radius 2 is 2.07 bits per heavy atom. The quantitative estimate of drug-likeness (QED) is 0.708. The van der Waals surface area contributed by atoms with Crippen molar-refractivity contribution in [3.05, 3.63) is 0 Å². The van der Waals surface area contributed by atoms with Gasteiger partial charge in [-0.1, -0.05) is 20.8 Å². The fraction of sp³-hybridized carbons (Fsp3) is 0.900. The number of Topliss-reactive ketones (excluding diaryl/α,β-unsaturated/α-hetero) is 1. The molecule has 0 radical (unpaired) electrons. The van der Waals surface area contributed by atoms with Crippen molar-refractivity contribution in [1.82, 2.24) is 0 Å². The van der Waals surface area contributed by atoms with E-state index in [1.54, 1.807) is 20.8 Å². The fourth-order valence-corrected chi connectivity index (χ4v) is 1.85. The maximum Gasteiger partial charge on any atom is 0.274 e. The monoisotopic (exact) mass is 206 g/mol. The van der Waals surface area contributed by atoms with Gasteiger partial charge in [0.05, 0.1) is 0 Å². The average molecular weight is 206 g/mol. The molecule has 1 fully saturated rings. The van der Waals surface area contributed by atoms with E-state index in [1.807, 2.05) is 0 Å². The van der Waals surface area contributed by atoms with Crippen molar-refractivity contribution in [2.45, 2.75) is 45.1 Å². The molecule has 0 amide bonds. The number of rotatable bonds is 3. The summed E-state index contributed by atoms with van der Waals surface area (Å²) in [4.78, 5) is 11.7. The van der Waals surface area contributed by atoms with E-state index < -0.39 is 24.6 Å². The van der Waals surface area contributed by atoms with Crippen molar-refractivity contribution in [1.29, 1.82) is 0 Å². The molecular weight excluding hydrogens is 190 g/mol. The molecule has 0 aromatic heterocycles. The van der Waals surface area contributed by atoms with Crippen LogP contribution in [0, 0.1) is 5.92 Å². The summed E-state index contributed by atoms with van der Waals surface area (Å²) >= 11 is 0. The molecule has 14 heavy (non-hydrogen) atoms. The fourth-order valence-electron chi connectivity index (χ4n) is 1.85. The lowest BCUT2D eigenvalue weighted by Gasteiger charge is -2.26. The first kappa shape index (κ1) is 11.6. The largest absolute Gasteiger partial charge is 0.361 e. The van der Waals surface area contributed by atoms with E-state index in [2.05, 4.69) is 0 Å². The standard InChI is InChI=1S/C10H16F2O2/c1-4-9(8(13)7(2)3)5-10(11,12)6-14-9/h7H,4-6H2,1-3H3/t9-/m0/s1. The summed E-state index contributed by atoms with van der Waals surface area (Å²) in [5.74, 6) is -3.32. The highest BCUT2D eigenvalue weighted by Gasteiger charge is 2.54. The van der Waals surface area contributed by atoms with Gasteiger partial charge in [-0.05, 0) is 6.42 Å². The summed E-state index contributed by atoms with van der Waals surface area (Å²) in [5, 5.41) is 0. The molecule has 82 valence electrons. The van der Waals surface area contributed by atoms with Crippen LogP contribution in [0.5, 0.6) is 0 Å². The third kappa shape index (κ3) is 1.95. The van der Waals surface area contributed by atoms with E-state index in [0.717, 1.165) is 0 Å². The van der Waals surface area contributed by atoms with Crippen LogP contribution >= 0.6 is 0 Å². The van der Waals surface area contributed by atoms with E-state index in [4.69, 9.17) is 4.74 Å². The Hall–Kier alpha value is -0.510. The number of ketones is 1. The smallest absolute Gasteiger partial charge is 0.274 e.